The van der Waals surface area contributed by atoms with Gasteiger partial charge in [0.2, 0.25) is 5.91 Å². The van der Waals surface area contributed by atoms with E-state index in [9.17, 15) is 4.79 Å². The zero-order valence-electron chi connectivity index (χ0n) is 15.0. The molecule has 27 heavy (non-hydrogen) atoms. The van der Waals surface area contributed by atoms with E-state index in [1.54, 1.807) is 23.9 Å². The molecule has 8 heteroatoms. The molecule has 0 bridgehead atoms. The van der Waals surface area contributed by atoms with Gasteiger partial charge in [-0.1, -0.05) is 24.6 Å². The molecule has 0 spiro atoms. The number of carbonyl (C=O) groups is 1. The van der Waals surface area contributed by atoms with Crippen LogP contribution >= 0.6 is 23.1 Å². The molecule has 6 nitrogen and oxygen atoms in total. The second-order valence-corrected chi connectivity index (χ2v) is 9.20. The smallest absolute Gasteiger partial charge is 0.235 e. The Morgan fingerprint density at radius 3 is 3.04 bits per heavy atom. The fourth-order valence-corrected chi connectivity index (χ4v) is 6.29. The first kappa shape index (κ1) is 17.2. The molecule has 0 saturated heterocycles. The van der Waals surface area contributed by atoms with Crippen molar-refractivity contribution in [3.05, 3.63) is 29.0 Å². The molecule has 3 aromatic rings. The molecule has 0 aliphatic heterocycles. The highest BCUT2D eigenvalue weighted by Crippen LogP contribution is 2.40. The van der Waals surface area contributed by atoms with E-state index in [1.165, 1.54) is 46.9 Å². The van der Waals surface area contributed by atoms with E-state index in [0.29, 0.717) is 11.8 Å². The summed E-state index contributed by atoms with van der Waals surface area (Å²) in [4.78, 5) is 23.9. The third kappa shape index (κ3) is 3.25. The summed E-state index contributed by atoms with van der Waals surface area (Å²) in [5.74, 6) is 1.13. The number of aryl methyl sites for hydroxylation is 2. The highest BCUT2D eigenvalue weighted by Gasteiger charge is 2.23. The van der Waals surface area contributed by atoms with Crippen LogP contribution in [0.5, 0.6) is 0 Å². The SMILES string of the molecule is O=C(CSc1ncnc2sc3c(c12)CCC3)Nc1ccnn1C1CCCC1. The van der Waals surface area contributed by atoms with Gasteiger partial charge in [-0.15, -0.1) is 11.3 Å². The van der Waals surface area contributed by atoms with Crippen LogP contribution in [0, 0.1) is 0 Å². The third-order valence-electron chi connectivity index (χ3n) is 5.41. The Balaban J connectivity index is 1.29. The van der Waals surface area contributed by atoms with Crippen LogP contribution in [0.3, 0.4) is 0 Å². The van der Waals surface area contributed by atoms with Gasteiger partial charge in [0.1, 0.15) is 22.0 Å². The molecule has 3 aromatic heterocycles. The van der Waals surface area contributed by atoms with Gasteiger partial charge >= 0.3 is 0 Å². The number of aromatic nitrogens is 4. The quantitative estimate of drug-likeness (QED) is 0.514. The van der Waals surface area contributed by atoms with Crippen LogP contribution in [0.1, 0.15) is 48.6 Å². The molecular formula is C19H21N5OS2. The zero-order valence-corrected chi connectivity index (χ0v) is 16.6. The lowest BCUT2D eigenvalue weighted by atomic mass is 10.2. The van der Waals surface area contributed by atoms with Gasteiger partial charge in [0.05, 0.1) is 18.0 Å². The summed E-state index contributed by atoms with van der Waals surface area (Å²) >= 11 is 3.28. The summed E-state index contributed by atoms with van der Waals surface area (Å²) < 4.78 is 1.98. The Morgan fingerprint density at radius 1 is 1.26 bits per heavy atom. The molecule has 0 radical (unpaired) electrons. The molecule has 2 aliphatic carbocycles. The number of thioether (sulfide) groups is 1. The number of fused-ring (bicyclic) bond motifs is 3. The van der Waals surface area contributed by atoms with Crippen molar-refractivity contribution in [3.8, 4) is 0 Å². The predicted octanol–water partition coefficient (Wildman–Crippen LogP) is 4.22. The number of nitrogens with one attached hydrogen (secondary N) is 1. The van der Waals surface area contributed by atoms with Crippen LogP contribution < -0.4 is 5.32 Å². The number of amides is 1. The molecule has 140 valence electrons. The van der Waals surface area contributed by atoms with Gasteiger partial charge in [0.15, 0.2) is 0 Å². The third-order valence-corrected chi connectivity index (χ3v) is 7.60. The standard InChI is InChI=1S/C19H21N5OS2/c25-16(23-15-8-9-22-24(15)12-4-1-2-5-12)10-26-18-17-13-6-3-7-14(13)27-19(17)21-11-20-18/h8-9,11-12H,1-7,10H2,(H,23,25). The fourth-order valence-electron chi connectivity index (χ4n) is 4.17. The minimum absolute atomic E-state index is 0.0154. The molecule has 2 aliphatic rings. The van der Waals surface area contributed by atoms with Crippen LogP contribution in [-0.2, 0) is 17.6 Å². The Labute approximate surface area is 165 Å². The van der Waals surface area contributed by atoms with E-state index in [2.05, 4.69) is 20.4 Å². The molecule has 0 aromatic carbocycles. The van der Waals surface area contributed by atoms with Crippen molar-refractivity contribution in [2.45, 2.75) is 56.0 Å². The molecule has 1 amide bonds. The lowest BCUT2D eigenvalue weighted by Crippen LogP contribution is -2.19. The van der Waals surface area contributed by atoms with Crippen LogP contribution in [0.2, 0.25) is 0 Å². The zero-order chi connectivity index (χ0) is 18.2. The molecule has 0 atom stereocenters. The largest absolute Gasteiger partial charge is 0.310 e. The van der Waals surface area contributed by atoms with Gasteiger partial charge in [0, 0.05) is 16.3 Å². The van der Waals surface area contributed by atoms with Crippen LogP contribution in [-0.4, -0.2) is 31.4 Å². The monoisotopic (exact) mass is 399 g/mol. The Bertz CT molecular complexity index is 989. The summed E-state index contributed by atoms with van der Waals surface area (Å²) in [7, 11) is 0. The number of thiophene rings is 1. The van der Waals surface area contributed by atoms with Gasteiger partial charge in [-0.3, -0.25) is 4.79 Å². The van der Waals surface area contributed by atoms with Crippen molar-refractivity contribution in [1.29, 1.82) is 0 Å². The maximum Gasteiger partial charge on any atom is 0.235 e. The minimum atomic E-state index is -0.0154. The van der Waals surface area contributed by atoms with E-state index >= 15 is 0 Å². The Kier molecular flexibility index (Phi) is 4.61. The predicted molar refractivity (Wildman–Crippen MR) is 109 cm³/mol. The van der Waals surface area contributed by atoms with Crippen LogP contribution in [0.25, 0.3) is 10.2 Å². The average molecular weight is 400 g/mol. The van der Waals surface area contributed by atoms with E-state index < -0.39 is 0 Å². The molecular weight excluding hydrogens is 378 g/mol. The van der Waals surface area contributed by atoms with Crippen molar-refractivity contribution in [1.82, 2.24) is 19.7 Å². The van der Waals surface area contributed by atoms with E-state index in [-0.39, 0.29) is 5.91 Å². The van der Waals surface area contributed by atoms with Gasteiger partial charge in [-0.25, -0.2) is 14.6 Å². The van der Waals surface area contributed by atoms with Crippen molar-refractivity contribution >= 4 is 45.0 Å². The van der Waals surface area contributed by atoms with Gasteiger partial charge in [0.25, 0.3) is 0 Å². The molecule has 1 saturated carbocycles. The van der Waals surface area contributed by atoms with Gasteiger partial charge < -0.3 is 5.32 Å². The second-order valence-electron chi connectivity index (χ2n) is 7.15. The number of hydrogen-bond acceptors (Lipinski definition) is 6. The molecule has 3 heterocycles. The number of rotatable bonds is 5. The van der Waals surface area contributed by atoms with Crippen molar-refractivity contribution in [2.75, 3.05) is 11.1 Å². The lowest BCUT2D eigenvalue weighted by Gasteiger charge is -2.14. The summed E-state index contributed by atoms with van der Waals surface area (Å²) in [5, 5.41) is 9.55. The number of hydrogen-bond donors (Lipinski definition) is 1. The van der Waals surface area contributed by atoms with Crippen molar-refractivity contribution < 1.29 is 4.79 Å². The number of carbonyl (C=O) groups excluding carboxylic acids is 1. The molecule has 5 rings (SSSR count). The van der Waals surface area contributed by atoms with Crippen molar-refractivity contribution in [2.24, 2.45) is 0 Å². The summed E-state index contributed by atoms with van der Waals surface area (Å²) in [5.41, 5.74) is 1.40. The first-order chi connectivity index (χ1) is 13.3. The van der Waals surface area contributed by atoms with E-state index in [0.717, 1.165) is 41.4 Å². The highest BCUT2D eigenvalue weighted by molar-refractivity contribution is 8.00. The van der Waals surface area contributed by atoms with E-state index in [4.69, 9.17) is 0 Å². The molecule has 1 fully saturated rings. The van der Waals surface area contributed by atoms with Crippen LogP contribution in [0.4, 0.5) is 5.82 Å². The Morgan fingerprint density at radius 2 is 2.15 bits per heavy atom. The normalized spacial score (nSPS) is 16.9. The van der Waals surface area contributed by atoms with Gasteiger partial charge in [-0.05, 0) is 37.7 Å². The number of nitrogens with zero attached hydrogens (tertiary/aromatic N) is 4. The Hall–Kier alpha value is -1.93. The van der Waals surface area contributed by atoms with Crippen LogP contribution in [0.15, 0.2) is 23.6 Å². The van der Waals surface area contributed by atoms with Crippen molar-refractivity contribution in [3.63, 3.8) is 0 Å². The lowest BCUT2D eigenvalue weighted by molar-refractivity contribution is -0.113. The summed E-state index contributed by atoms with van der Waals surface area (Å²) in [6, 6.07) is 2.30. The fraction of sp³-hybridized carbons (Fsp3) is 0.474. The highest BCUT2D eigenvalue weighted by atomic mass is 32.2. The molecule has 1 N–H and O–H groups in total. The minimum Gasteiger partial charge on any atom is -0.310 e. The maximum atomic E-state index is 12.5. The van der Waals surface area contributed by atoms with E-state index in [1.807, 2.05) is 10.7 Å². The molecule has 0 unspecified atom stereocenters. The topological polar surface area (TPSA) is 72.7 Å². The van der Waals surface area contributed by atoms with Gasteiger partial charge in [-0.2, -0.15) is 5.10 Å². The first-order valence-electron chi connectivity index (χ1n) is 9.51. The average Bonchev–Trinajstić information content (AvgIpc) is 3.42. The number of anilines is 1. The second kappa shape index (κ2) is 7.24. The first-order valence-corrected chi connectivity index (χ1v) is 11.3. The summed E-state index contributed by atoms with van der Waals surface area (Å²) in [6.45, 7) is 0. The summed E-state index contributed by atoms with van der Waals surface area (Å²) in [6.07, 6.45) is 11.6. The maximum absolute atomic E-state index is 12.5.